The van der Waals surface area contributed by atoms with Crippen LogP contribution in [0.25, 0.3) is 10.9 Å². The van der Waals surface area contributed by atoms with E-state index in [2.05, 4.69) is 10.3 Å². The summed E-state index contributed by atoms with van der Waals surface area (Å²) < 4.78 is 14.9. The summed E-state index contributed by atoms with van der Waals surface area (Å²) in [6, 6.07) is 8.90. The number of hydrogen-bond donors (Lipinski definition) is 2. The Morgan fingerprint density at radius 1 is 1.28 bits per heavy atom. The van der Waals surface area contributed by atoms with Gasteiger partial charge in [0.2, 0.25) is 0 Å². The molecule has 0 aliphatic heterocycles. The van der Waals surface area contributed by atoms with E-state index in [1.54, 1.807) is 25.1 Å². The van der Waals surface area contributed by atoms with Crippen LogP contribution < -0.4 is 10.9 Å². The molecule has 0 spiro atoms. The van der Waals surface area contributed by atoms with Crippen molar-refractivity contribution in [2.75, 3.05) is 5.32 Å². The lowest BCUT2D eigenvalue weighted by atomic mass is 10.1. The van der Waals surface area contributed by atoms with Crippen molar-refractivity contribution in [3.05, 3.63) is 68.5 Å². The highest BCUT2D eigenvalue weighted by molar-refractivity contribution is 7.71. The lowest BCUT2D eigenvalue weighted by Gasteiger charge is -2.10. The van der Waals surface area contributed by atoms with E-state index in [1.807, 2.05) is 6.92 Å². The van der Waals surface area contributed by atoms with Gasteiger partial charge in [0.05, 0.1) is 10.9 Å². The number of aryl methyl sites for hydroxylation is 1. The Labute approximate surface area is 148 Å². The number of carbonyl (C=O) groups is 1. The first-order valence-corrected chi connectivity index (χ1v) is 8.16. The zero-order valence-electron chi connectivity index (χ0n) is 13.7. The Morgan fingerprint density at radius 2 is 2.04 bits per heavy atom. The van der Waals surface area contributed by atoms with Crippen molar-refractivity contribution >= 4 is 34.7 Å². The maximum absolute atomic E-state index is 13.2. The summed E-state index contributed by atoms with van der Waals surface area (Å²) in [5.74, 6) is -0.712. The van der Waals surface area contributed by atoms with Gasteiger partial charge in [-0.3, -0.25) is 14.2 Å². The predicted molar refractivity (Wildman–Crippen MR) is 98.2 cm³/mol. The van der Waals surface area contributed by atoms with Crippen LogP contribution in [0.4, 0.5) is 10.1 Å². The Kier molecular flexibility index (Phi) is 4.50. The Bertz CT molecular complexity index is 1100. The first-order chi connectivity index (χ1) is 11.9. The Hall–Kier alpha value is -2.80. The van der Waals surface area contributed by atoms with Gasteiger partial charge in [-0.2, -0.15) is 0 Å². The Balaban J connectivity index is 2.00. The minimum absolute atomic E-state index is 0.192. The van der Waals surface area contributed by atoms with E-state index in [0.29, 0.717) is 39.0 Å². The molecule has 0 unspecified atom stereocenters. The van der Waals surface area contributed by atoms with E-state index in [-0.39, 0.29) is 17.3 Å². The van der Waals surface area contributed by atoms with Crippen molar-refractivity contribution in [1.29, 1.82) is 0 Å². The van der Waals surface area contributed by atoms with Crippen LogP contribution in [0.2, 0.25) is 0 Å². The van der Waals surface area contributed by atoms with Gasteiger partial charge >= 0.3 is 0 Å². The molecule has 0 fully saturated rings. The van der Waals surface area contributed by atoms with E-state index in [1.165, 1.54) is 22.8 Å². The van der Waals surface area contributed by atoms with Gasteiger partial charge in [0.15, 0.2) is 4.77 Å². The van der Waals surface area contributed by atoms with Gasteiger partial charge in [0, 0.05) is 17.8 Å². The lowest BCUT2D eigenvalue weighted by molar-refractivity contribution is 0.102. The van der Waals surface area contributed by atoms with Crippen LogP contribution in [0.15, 0.2) is 41.2 Å². The fraction of sp³-hybridized carbons (Fsp3) is 0.167. The van der Waals surface area contributed by atoms with E-state index in [0.717, 1.165) is 0 Å². The third-order valence-corrected chi connectivity index (χ3v) is 4.32. The molecular formula is C18H16FN3O2S. The highest BCUT2D eigenvalue weighted by Gasteiger charge is 2.11. The number of nitrogens with one attached hydrogen (secondary N) is 2. The first-order valence-electron chi connectivity index (χ1n) is 7.75. The van der Waals surface area contributed by atoms with E-state index in [4.69, 9.17) is 12.2 Å². The molecule has 0 radical (unpaired) electrons. The summed E-state index contributed by atoms with van der Waals surface area (Å²) >= 11 is 5.18. The second-order valence-corrected chi connectivity index (χ2v) is 6.04. The number of halogens is 1. The van der Waals surface area contributed by atoms with Crippen molar-refractivity contribution in [2.45, 2.75) is 20.4 Å². The van der Waals surface area contributed by atoms with Crippen LogP contribution >= 0.6 is 12.2 Å². The molecule has 0 aliphatic rings. The molecule has 2 N–H and O–H groups in total. The summed E-state index contributed by atoms with van der Waals surface area (Å²) in [7, 11) is 0. The molecule has 0 atom stereocenters. The molecule has 3 rings (SSSR count). The molecule has 1 amide bonds. The van der Waals surface area contributed by atoms with Crippen LogP contribution in [-0.4, -0.2) is 15.5 Å². The molecule has 0 saturated heterocycles. The molecule has 0 bridgehead atoms. The molecule has 1 aromatic heterocycles. The topological polar surface area (TPSA) is 66.9 Å². The SMILES string of the molecule is CCn1c(=S)[nH]c2cc(C(=O)Nc3ccc(F)cc3C)ccc2c1=O. The minimum atomic E-state index is -0.360. The monoisotopic (exact) mass is 357 g/mol. The van der Waals surface area contributed by atoms with E-state index >= 15 is 0 Å². The summed E-state index contributed by atoms with van der Waals surface area (Å²) in [5.41, 5.74) is 1.83. The van der Waals surface area contributed by atoms with Crippen LogP contribution in [0.5, 0.6) is 0 Å². The van der Waals surface area contributed by atoms with Gasteiger partial charge in [0.1, 0.15) is 5.82 Å². The molecule has 1 heterocycles. The van der Waals surface area contributed by atoms with Crippen molar-refractivity contribution < 1.29 is 9.18 Å². The summed E-state index contributed by atoms with van der Waals surface area (Å²) in [6.07, 6.45) is 0. The zero-order chi connectivity index (χ0) is 18.1. The molecule has 0 aliphatic carbocycles. The fourth-order valence-corrected chi connectivity index (χ4v) is 2.97. The smallest absolute Gasteiger partial charge is 0.262 e. The number of hydrogen-bond acceptors (Lipinski definition) is 3. The van der Waals surface area contributed by atoms with Crippen molar-refractivity contribution in [3.8, 4) is 0 Å². The third kappa shape index (κ3) is 3.23. The number of H-pyrrole nitrogens is 1. The van der Waals surface area contributed by atoms with Gasteiger partial charge in [-0.05, 0) is 68.0 Å². The number of amides is 1. The van der Waals surface area contributed by atoms with Gasteiger partial charge in [-0.1, -0.05) is 0 Å². The summed E-state index contributed by atoms with van der Waals surface area (Å²) in [4.78, 5) is 27.8. The average molecular weight is 357 g/mol. The molecular weight excluding hydrogens is 341 g/mol. The van der Waals surface area contributed by atoms with Crippen LogP contribution in [-0.2, 0) is 6.54 Å². The van der Waals surface area contributed by atoms with Crippen LogP contribution in [0, 0.1) is 17.5 Å². The number of carbonyl (C=O) groups excluding carboxylic acids is 1. The number of fused-ring (bicyclic) bond motifs is 1. The van der Waals surface area contributed by atoms with Crippen molar-refractivity contribution in [1.82, 2.24) is 9.55 Å². The number of aromatic nitrogens is 2. The van der Waals surface area contributed by atoms with E-state index in [9.17, 15) is 14.0 Å². The van der Waals surface area contributed by atoms with Gasteiger partial charge in [-0.25, -0.2) is 4.39 Å². The molecule has 25 heavy (non-hydrogen) atoms. The number of aromatic amines is 1. The first kappa shape index (κ1) is 17.0. The molecule has 7 heteroatoms. The summed E-state index contributed by atoms with van der Waals surface area (Å²) in [6.45, 7) is 4.02. The molecule has 3 aromatic rings. The number of anilines is 1. The maximum Gasteiger partial charge on any atom is 0.262 e. The largest absolute Gasteiger partial charge is 0.332 e. The maximum atomic E-state index is 13.2. The molecule has 2 aromatic carbocycles. The van der Waals surface area contributed by atoms with Gasteiger partial charge in [0.25, 0.3) is 11.5 Å². The quantitative estimate of drug-likeness (QED) is 0.701. The molecule has 128 valence electrons. The third-order valence-electron chi connectivity index (χ3n) is 4.00. The fourth-order valence-electron chi connectivity index (χ4n) is 2.64. The van der Waals surface area contributed by atoms with E-state index < -0.39 is 0 Å². The normalized spacial score (nSPS) is 10.8. The average Bonchev–Trinajstić information content (AvgIpc) is 2.57. The lowest BCUT2D eigenvalue weighted by Crippen LogP contribution is -2.21. The summed E-state index contributed by atoms with van der Waals surface area (Å²) in [5, 5.41) is 3.20. The Morgan fingerprint density at radius 3 is 2.72 bits per heavy atom. The zero-order valence-corrected chi connectivity index (χ0v) is 14.5. The second-order valence-electron chi connectivity index (χ2n) is 5.65. The standard InChI is InChI=1S/C18H16FN3O2S/c1-3-22-17(24)13-6-4-11(9-15(13)21-18(22)25)16(23)20-14-7-5-12(19)8-10(14)2/h4-9H,3H2,1-2H3,(H,20,23)(H,21,25). The van der Waals surface area contributed by atoms with Crippen molar-refractivity contribution in [3.63, 3.8) is 0 Å². The highest BCUT2D eigenvalue weighted by Crippen LogP contribution is 2.18. The van der Waals surface area contributed by atoms with Gasteiger partial charge < -0.3 is 10.3 Å². The number of benzene rings is 2. The van der Waals surface area contributed by atoms with Crippen LogP contribution in [0.3, 0.4) is 0 Å². The predicted octanol–water partition coefficient (Wildman–Crippen LogP) is 3.78. The van der Waals surface area contributed by atoms with Crippen molar-refractivity contribution in [2.24, 2.45) is 0 Å². The second kappa shape index (κ2) is 6.60. The van der Waals surface area contributed by atoms with Gasteiger partial charge in [-0.15, -0.1) is 0 Å². The number of nitrogens with zero attached hydrogens (tertiary/aromatic N) is 1. The number of rotatable bonds is 3. The molecule has 5 nitrogen and oxygen atoms in total. The minimum Gasteiger partial charge on any atom is -0.332 e. The van der Waals surface area contributed by atoms with Crippen LogP contribution in [0.1, 0.15) is 22.8 Å². The molecule has 0 saturated carbocycles. The highest BCUT2D eigenvalue weighted by atomic mass is 32.1.